The van der Waals surface area contributed by atoms with Gasteiger partial charge in [0.1, 0.15) is 12.4 Å². The molecule has 0 saturated carbocycles. The second kappa shape index (κ2) is 4.46. The van der Waals surface area contributed by atoms with Gasteiger partial charge in [0.25, 0.3) is 0 Å². The van der Waals surface area contributed by atoms with Crippen molar-refractivity contribution >= 4 is 5.84 Å². The molecule has 0 saturated heterocycles. The van der Waals surface area contributed by atoms with Gasteiger partial charge in [-0.15, -0.1) is 0 Å². The lowest BCUT2D eigenvalue weighted by molar-refractivity contribution is 0.154. The minimum Gasteiger partial charge on any atom is -0.454 e. The summed E-state index contributed by atoms with van der Waals surface area (Å²) in [5.41, 5.74) is 9.49. The molecule has 0 amide bonds. The Morgan fingerprint density at radius 3 is 3.17 bits per heavy atom. The van der Waals surface area contributed by atoms with Crippen molar-refractivity contribution in [2.24, 2.45) is 16.2 Å². The van der Waals surface area contributed by atoms with E-state index in [1.54, 1.807) is 0 Å². The standard InChI is InChI=1S/C11H10N4O3/c12-15-13-11-8(5-18-14-11)3-7-1-2-9-10(4-7)17-6-16-9/h1-2,4,8H,3,5-6H2. The third-order valence-corrected chi connectivity index (χ3v) is 2.87. The molecule has 0 aliphatic carbocycles. The first-order valence-electron chi connectivity index (χ1n) is 5.50. The van der Waals surface area contributed by atoms with Gasteiger partial charge in [-0.3, -0.25) is 0 Å². The first kappa shape index (κ1) is 10.7. The van der Waals surface area contributed by atoms with Crippen LogP contribution in [0.4, 0.5) is 0 Å². The van der Waals surface area contributed by atoms with Crippen LogP contribution < -0.4 is 9.47 Å². The van der Waals surface area contributed by atoms with Crippen molar-refractivity contribution in [3.63, 3.8) is 0 Å². The van der Waals surface area contributed by atoms with E-state index in [4.69, 9.17) is 19.8 Å². The molecule has 7 heteroatoms. The van der Waals surface area contributed by atoms with Crippen molar-refractivity contribution in [1.29, 1.82) is 0 Å². The average molecular weight is 246 g/mol. The van der Waals surface area contributed by atoms with Crippen molar-refractivity contribution in [2.45, 2.75) is 6.42 Å². The van der Waals surface area contributed by atoms with Crippen molar-refractivity contribution in [2.75, 3.05) is 13.4 Å². The van der Waals surface area contributed by atoms with E-state index in [1.165, 1.54) is 0 Å². The maximum atomic E-state index is 8.42. The highest BCUT2D eigenvalue weighted by Crippen LogP contribution is 2.33. The number of azide groups is 1. The largest absolute Gasteiger partial charge is 0.454 e. The van der Waals surface area contributed by atoms with E-state index in [9.17, 15) is 0 Å². The molecule has 3 rings (SSSR count). The summed E-state index contributed by atoms with van der Waals surface area (Å²) in [6.07, 6.45) is 0.689. The number of benzene rings is 1. The molecule has 2 heterocycles. The first-order chi connectivity index (χ1) is 8.86. The van der Waals surface area contributed by atoms with Crippen LogP contribution in [0.25, 0.3) is 10.4 Å². The summed E-state index contributed by atoms with van der Waals surface area (Å²) in [5, 5.41) is 7.24. The predicted molar refractivity (Wildman–Crippen MR) is 62.3 cm³/mol. The van der Waals surface area contributed by atoms with Crippen LogP contribution in [0.2, 0.25) is 0 Å². The van der Waals surface area contributed by atoms with Gasteiger partial charge in [0, 0.05) is 10.8 Å². The van der Waals surface area contributed by atoms with Crippen LogP contribution in [0, 0.1) is 5.92 Å². The van der Waals surface area contributed by atoms with E-state index < -0.39 is 0 Å². The number of hydrogen-bond donors (Lipinski definition) is 0. The topological polar surface area (TPSA) is 88.8 Å². The van der Waals surface area contributed by atoms with Crippen LogP contribution in [0.3, 0.4) is 0 Å². The molecular formula is C11H10N4O3. The zero-order valence-corrected chi connectivity index (χ0v) is 9.44. The molecule has 92 valence electrons. The molecule has 0 spiro atoms. The number of ether oxygens (including phenoxy) is 2. The lowest BCUT2D eigenvalue weighted by Crippen LogP contribution is -2.13. The van der Waals surface area contributed by atoms with Gasteiger partial charge in [0.2, 0.25) is 6.79 Å². The molecule has 1 atom stereocenters. The molecule has 1 aromatic rings. The van der Waals surface area contributed by atoms with Gasteiger partial charge >= 0.3 is 0 Å². The van der Waals surface area contributed by atoms with Gasteiger partial charge in [0.15, 0.2) is 11.5 Å². The Morgan fingerprint density at radius 2 is 2.28 bits per heavy atom. The quantitative estimate of drug-likeness (QED) is 0.455. The smallest absolute Gasteiger partial charge is 0.231 e. The number of fused-ring (bicyclic) bond motifs is 1. The van der Waals surface area contributed by atoms with Crippen molar-refractivity contribution in [3.05, 3.63) is 34.2 Å². The molecule has 7 nitrogen and oxygen atoms in total. The fraction of sp³-hybridized carbons (Fsp3) is 0.364. The van der Waals surface area contributed by atoms with Gasteiger partial charge in [-0.25, -0.2) is 0 Å². The summed E-state index contributed by atoms with van der Waals surface area (Å²) in [5.74, 6) is 1.88. The summed E-state index contributed by atoms with van der Waals surface area (Å²) >= 11 is 0. The summed E-state index contributed by atoms with van der Waals surface area (Å²) in [6.45, 7) is 0.694. The molecule has 0 aromatic heterocycles. The third kappa shape index (κ3) is 1.91. The van der Waals surface area contributed by atoms with Crippen LogP contribution in [0.5, 0.6) is 11.5 Å². The molecule has 0 N–H and O–H groups in total. The fourth-order valence-corrected chi connectivity index (χ4v) is 1.99. The molecule has 1 aromatic carbocycles. The van der Waals surface area contributed by atoms with Gasteiger partial charge in [-0.2, -0.15) is 0 Å². The minimum absolute atomic E-state index is 0.0127. The molecule has 0 radical (unpaired) electrons. The van der Waals surface area contributed by atoms with Crippen molar-refractivity contribution < 1.29 is 14.3 Å². The van der Waals surface area contributed by atoms with E-state index in [-0.39, 0.29) is 12.7 Å². The predicted octanol–water partition coefficient (Wildman–Crippen LogP) is 2.23. The van der Waals surface area contributed by atoms with Crippen LogP contribution in [-0.2, 0) is 11.3 Å². The third-order valence-electron chi connectivity index (χ3n) is 2.87. The second-order valence-corrected chi connectivity index (χ2v) is 4.02. The number of rotatable bonds is 2. The first-order valence-corrected chi connectivity index (χ1v) is 5.50. The Bertz CT molecular complexity index is 551. The Labute approximate surface area is 103 Å². The summed E-state index contributed by atoms with van der Waals surface area (Å²) in [7, 11) is 0. The summed E-state index contributed by atoms with van der Waals surface area (Å²) in [4.78, 5) is 7.69. The van der Waals surface area contributed by atoms with E-state index in [0.29, 0.717) is 18.9 Å². The van der Waals surface area contributed by atoms with Gasteiger partial charge in [-0.1, -0.05) is 11.2 Å². The van der Waals surface area contributed by atoms with Gasteiger partial charge in [0.05, 0.1) is 0 Å². The average Bonchev–Trinajstić information content (AvgIpc) is 2.99. The molecule has 0 fully saturated rings. The van der Waals surface area contributed by atoms with Crippen LogP contribution in [-0.4, -0.2) is 19.2 Å². The number of oxime groups is 1. The van der Waals surface area contributed by atoms with E-state index >= 15 is 0 Å². The highest BCUT2D eigenvalue weighted by molar-refractivity contribution is 5.86. The van der Waals surface area contributed by atoms with E-state index in [0.717, 1.165) is 17.1 Å². The van der Waals surface area contributed by atoms with Crippen molar-refractivity contribution in [3.8, 4) is 11.5 Å². The lowest BCUT2D eigenvalue weighted by atomic mass is 9.99. The van der Waals surface area contributed by atoms with Gasteiger partial charge in [-0.05, 0) is 34.8 Å². The second-order valence-electron chi connectivity index (χ2n) is 4.02. The highest BCUT2D eigenvalue weighted by Gasteiger charge is 2.23. The Kier molecular flexibility index (Phi) is 2.66. The van der Waals surface area contributed by atoms with Crippen LogP contribution >= 0.6 is 0 Å². The zero-order valence-electron chi connectivity index (χ0n) is 9.44. The number of hydrogen-bond acceptors (Lipinski definition) is 5. The maximum absolute atomic E-state index is 8.42. The normalized spacial score (nSPS) is 20.0. The van der Waals surface area contributed by atoms with E-state index in [1.807, 2.05) is 18.2 Å². The van der Waals surface area contributed by atoms with E-state index in [2.05, 4.69) is 15.2 Å². The number of amidine groups is 1. The molecule has 2 aliphatic rings. The monoisotopic (exact) mass is 246 g/mol. The Morgan fingerprint density at radius 1 is 1.39 bits per heavy atom. The molecular weight excluding hydrogens is 236 g/mol. The van der Waals surface area contributed by atoms with Crippen LogP contribution in [0.15, 0.2) is 28.5 Å². The van der Waals surface area contributed by atoms with Crippen LogP contribution in [0.1, 0.15) is 5.56 Å². The Balaban J connectivity index is 1.77. The zero-order chi connectivity index (χ0) is 12.4. The maximum Gasteiger partial charge on any atom is 0.231 e. The van der Waals surface area contributed by atoms with Gasteiger partial charge < -0.3 is 14.3 Å². The van der Waals surface area contributed by atoms with Crippen molar-refractivity contribution in [1.82, 2.24) is 0 Å². The summed E-state index contributed by atoms with van der Waals surface area (Å²) in [6, 6.07) is 5.76. The molecule has 2 aliphatic heterocycles. The molecule has 0 bridgehead atoms. The summed E-state index contributed by atoms with van der Waals surface area (Å²) < 4.78 is 10.6. The molecule has 1 unspecified atom stereocenters. The Hall–Kier alpha value is -2.40. The highest BCUT2D eigenvalue weighted by atomic mass is 16.7. The fourth-order valence-electron chi connectivity index (χ4n) is 1.99. The lowest BCUT2D eigenvalue weighted by Gasteiger charge is -2.08. The SMILES string of the molecule is [N-]=[N+]=NC1=NOCC1Cc1ccc2c(c1)OCO2. The number of nitrogens with zero attached hydrogens (tertiary/aromatic N) is 4. The minimum atomic E-state index is -0.0127. The molecule has 18 heavy (non-hydrogen) atoms.